The van der Waals surface area contributed by atoms with Crippen molar-refractivity contribution in [1.82, 2.24) is 18.7 Å². The number of hydrogen-bond acceptors (Lipinski definition) is 4. The molecule has 164 valence electrons. The second-order valence-electron chi connectivity index (χ2n) is 7.13. The van der Waals surface area contributed by atoms with E-state index in [4.69, 9.17) is 11.6 Å². The Balaban J connectivity index is 1.76. The molecule has 2 aromatic carbocycles. The number of nitrogens with zero attached hydrogens (tertiary/aromatic N) is 4. The van der Waals surface area contributed by atoms with Gasteiger partial charge in [-0.05, 0) is 30.7 Å². The van der Waals surface area contributed by atoms with E-state index in [1.165, 1.54) is 23.0 Å². The van der Waals surface area contributed by atoms with E-state index >= 15 is 0 Å². The van der Waals surface area contributed by atoms with Crippen LogP contribution in [0.5, 0.6) is 0 Å². The third-order valence-electron chi connectivity index (χ3n) is 5.01. The second-order valence-corrected chi connectivity index (χ2v) is 7.53. The molecule has 2 aromatic heterocycles. The van der Waals surface area contributed by atoms with E-state index in [1.807, 2.05) is 37.3 Å². The van der Waals surface area contributed by atoms with Crippen LogP contribution in [0.25, 0.3) is 11.2 Å². The summed E-state index contributed by atoms with van der Waals surface area (Å²) >= 11 is 5.75. The number of imidazole rings is 1. The van der Waals surface area contributed by atoms with Crippen molar-refractivity contribution in [3.8, 4) is 0 Å². The van der Waals surface area contributed by atoms with Crippen LogP contribution in [0.4, 0.5) is 10.1 Å². The fourth-order valence-electron chi connectivity index (χ4n) is 3.44. The number of aryl methyl sites for hydroxylation is 1. The Hall–Kier alpha value is -3.72. The molecule has 0 spiro atoms. The molecule has 4 aromatic rings. The van der Waals surface area contributed by atoms with Crippen molar-refractivity contribution >= 4 is 34.4 Å². The van der Waals surface area contributed by atoms with E-state index in [0.717, 1.165) is 16.2 Å². The number of benzene rings is 2. The molecule has 0 unspecified atom stereocenters. The lowest BCUT2D eigenvalue weighted by atomic mass is 10.2. The molecular weight excluding hydrogens is 437 g/mol. The smallest absolute Gasteiger partial charge is 0.325 e. The van der Waals surface area contributed by atoms with Crippen molar-refractivity contribution < 1.29 is 9.18 Å². The van der Waals surface area contributed by atoms with Crippen molar-refractivity contribution in [2.45, 2.75) is 26.6 Å². The molecule has 32 heavy (non-hydrogen) atoms. The summed E-state index contributed by atoms with van der Waals surface area (Å²) in [6.45, 7) is 1.98. The van der Waals surface area contributed by atoms with Crippen LogP contribution in [-0.4, -0.2) is 24.6 Å². The van der Waals surface area contributed by atoms with E-state index in [9.17, 15) is 18.8 Å². The van der Waals surface area contributed by atoms with E-state index in [2.05, 4.69) is 10.3 Å². The number of aromatic nitrogens is 4. The molecule has 0 bridgehead atoms. The van der Waals surface area contributed by atoms with Crippen LogP contribution in [0.1, 0.15) is 12.5 Å². The maximum absolute atomic E-state index is 13.4. The highest BCUT2D eigenvalue weighted by atomic mass is 35.5. The molecule has 2 heterocycles. The van der Waals surface area contributed by atoms with Crippen LogP contribution >= 0.6 is 11.6 Å². The number of rotatable bonds is 6. The van der Waals surface area contributed by atoms with Crippen LogP contribution < -0.4 is 16.6 Å². The van der Waals surface area contributed by atoms with Crippen molar-refractivity contribution in [3.05, 3.63) is 92.1 Å². The minimum Gasteiger partial charge on any atom is -0.325 e. The van der Waals surface area contributed by atoms with Gasteiger partial charge in [-0.25, -0.2) is 18.7 Å². The van der Waals surface area contributed by atoms with E-state index in [1.54, 1.807) is 4.57 Å². The van der Waals surface area contributed by atoms with Crippen molar-refractivity contribution in [2.75, 3.05) is 5.32 Å². The van der Waals surface area contributed by atoms with Gasteiger partial charge in [-0.1, -0.05) is 41.9 Å². The van der Waals surface area contributed by atoms with Gasteiger partial charge in [0.25, 0.3) is 5.56 Å². The molecule has 1 amide bonds. The van der Waals surface area contributed by atoms with Gasteiger partial charge >= 0.3 is 5.69 Å². The Morgan fingerprint density at radius 2 is 1.88 bits per heavy atom. The van der Waals surface area contributed by atoms with Crippen molar-refractivity contribution in [2.24, 2.45) is 0 Å². The van der Waals surface area contributed by atoms with Gasteiger partial charge in [0.15, 0.2) is 11.2 Å². The first kappa shape index (κ1) is 21.5. The number of halogens is 2. The highest BCUT2D eigenvalue weighted by Crippen LogP contribution is 2.19. The minimum atomic E-state index is -0.653. The van der Waals surface area contributed by atoms with Gasteiger partial charge in [-0.3, -0.25) is 14.2 Å². The molecule has 0 radical (unpaired) electrons. The summed E-state index contributed by atoms with van der Waals surface area (Å²) in [7, 11) is 0. The molecular formula is C22H19ClFN5O3. The van der Waals surface area contributed by atoms with Crippen LogP contribution in [0.3, 0.4) is 0 Å². The van der Waals surface area contributed by atoms with Crippen LogP contribution in [-0.2, 0) is 24.4 Å². The number of carbonyl (C=O) groups excluding carboxylic acids is 1. The number of amides is 1. The highest BCUT2D eigenvalue weighted by Gasteiger charge is 2.19. The Kier molecular flexibility index (Phi) is 5.91. The lowest BCUT2D eigenvalue weighted by molar-refractivity contribution is -0.116. The number of carbonyl (C=O) groups is 1. The third-order valence-corrected chi connectivity index (χ3v) is 5.30. The predicted molar refractivity (Wildman–Crippen MR) is 120 cm³/mol. The maximum Gasteiger partial charge on any atom is 0.333 e. The fourth-order valence-corrected chi connectivity index (χ4v) is 3.62. The molecule has 0 saturated heterocycles. The molecule has 4 rings (SSSR count). The van der Waals surface area contributed by atoms with Crippen molar-refractivity contribution in [1.29, 1.82) is 0 Å². The van der Waals surface area contributed by atoms with Gasteiger partial charge in [-0.2, -0.15) is 0 Å². The first-order valence-corrected chi connectivity index (χ1v) is 10.2. The van der Waals surface area contributed by atoms with Crippen LogP contribution in [0.2, 0.25) is 5.02 Å². The Labute approximate surface area is 186 Å². The second kappa shape index (κ2) is 8.80. The third kappa shape index (κ3) is 4.06. The summed E-state index contributed by atoms with van der Waals surface area (Å²) in [6.07, 6.45) is 1.50. The molecule has 0 aliphatic heterocycles. The Morgan fingerprint density at radius 1 is 1.12 bits per heavy atom. The average molecular weight is 456 g/mol. The summed E-state index contributed by atoms with van der Waals surface area (Å²) in [5.74, 6) is -1.25. The Morgan fingerprint density at radius 3 is 2.56 bits per heavy atom. The van der Waals surface area contributed by atoms with E-state index in [-0.39, 0.29) is 28.4 Å². The average Bonchev–Trinajstić information content (AvgIpc) is 3.22. The van der Waals surface area contributed by atoms with Crippen LogP contribution in [0.15, 0.2) is 64.4 Å². The molecule has 0 aliphatic rings. The van der Waals surface area contributed by atoms with Gasteiger partial charge in [0.1, 0.15) is 12.4 Å². The molecule has 8 nitrogen and oxygen atoms in total. The molecule has 1 N–H and O–H groups in total. The lowest BCUT2D eigenvalue weighted by Crippen LogP contribution is -2.43. The zero-order valence-corrected chi connectivity index (χ0v) is 17.8. The predicted octanol–water partition coefficient (Wildman–Crippen LogP) is 2.86. The van der Waals surface area contributed by atoms with E-state index in [0.29, 0.717) is 6.54 Å². The van der Waals surface area contributed by atoms with Gasteiger partial charge in [0, 0.05) is 12.2 Å². The van der Waals surface area contributed by atoms with Crippen LogP contribution in [0, 0.1) is 5.82 Å². The van der Waals surface area contributed by atoms with Gasteiger partial charge in [-0.15, -0.1) is 0 Å². The standard InChI is InChI=1S/C22H19ClFN5O3/c1-2-27-13-25-20-19(27)21(31)29(22(32)28(20)11-14-6-4-3-5-7-14)12-18(30)26-15-8-9-17(24)16(23)10-15/h3-10,13H,2,11-12H2,1H3,(H,26,30). The topological polar surface area (TPSA) is 90.9 Å². The SMILES string of the molecule is CCn1cnc2c1c(=O)n(CC(=O)Nc1ccc(F)c(Cl)c1)c(=O)n2Cc1ccccc1. The van der Waals surface area contributed by atoms with Gasteiger partial charge in [0.2, 0.25) is 5.91 Å². The highest BCUT2D eigenvalue weighted by molar-refractivity contribution is 6.31. The number of anilines is 1. The maximum atomic E-state index is 13.4. The monoisotopic (exact) mass is 455 g/mol. The fraction of sp³-hybridized carbons (Fsp3) is 0.182. The Bertz CT molecular complexity index is 1430. The quantitative estimate of drug-likeness (QED) is 0.484. The summed E-state index contributed by atoms with van der Waals surface area (Å²) in [5, 5.41) is 2.38. The van der Waals surface area contributed by atoms with Gasteiger partial charge in [0.05, 0.1) is 17.9 Å². The largest absolute Gasteiger partial charge is 0.333 e. The first-order valence-electron chi connectivity index (χ1n) is 9.86. The molecule has 0 atom stereocenters. The number of nitrogens with one attached hydrogen (secondary N) is 1. The summed E-state index contributed by atoms with van der Waals surface area (Å²) in [6, 6.07) is 13.0. The normalized spacial score (nSPS) is 11.1. The number of fused-ring (bicyclic) bond motifs is 1. The molecule has 0 saturated carbocycles. The van der Waals surface area contributed by atoms with Crippen molar-refractivity contribution in [3.63, 3.8) is 0 Å². The number of hydrogen-bond donors (Lipinski definition) is 1. The zero-order chi connectivity index (χ0) is 22.8. The molecule has 0 aliphatic carbocycles. The summed E-state index contributed by atoms with van der Waals surface area (Å²) < 4.78 is 17.2. The molecule has 10 heteroatoms. The molecule has 0 fully saturated rings. The first-order chi connectivity index (χ1) is 15.4. The van der Waals surface area contributed by atoms with Gasteiger partial charge < -0.3 is 9.88 Å². The van der Waals surface area contributed by atoms with E-state index < -0.39 is 29.5 Å². The minimum absolute atomic E-state index is 0.154. The zero-order valence-electron chi connectivity index (χ0n) is 17.1. The summed E-state index contributed by atoms with van der Waals surface area (Å²) in [4.78, 5) is 43.2. The lowest BCUT2D eigenvalue weighted by Gasteiger charge is -2.13. The summed E-state index contributed by atoms with van der Waals surface area (Å²) in [5.41, 5.74) is 0.325.